The van der Waals surface area contributed by atoms with Crippen LogP contribution >= 0.6 is 15.9 Å². The molecule has 1 nitrogen and oxygen atoms in total. The van der Waals surface area contributed by atoms with E-state index in [1.165, 1.54) is 34.9 Å². The lowest BCUT2D eigenvalue weighted by atomic mass is 9.93. The van der Waals surface area contributed by atoms with Crippen molar-refractivity contribution in [3.05, 3.63) is 33.8 Å². The standard InChI is InChI=1S/C15H24BrN/c1-5-6-11(2)9-15(17-4)13-8-7-12(3)14(16)10-13/h7-8,10-11,15,17H,5-6,9H2,1-4H3. The number of aryl methyl sites for hydroxylation is 1. The van der Waals surface area contributed by atoms with Crippen molar-refractivity contribution >= 4 is 15.9 Å². The molecule has 1 aromatic carbocycles. The lowest BCUT2D eigenvalue weighted by Crippen LogP contribution is -2.19. The summed E-state index contributed by atoms with van der Waals surface area (Å²) in [5, 5.41) is 3.43. The Balaban J connectivity index is 2.75. The minimum atomic E-state index is 0.466. The molecule has 0 bridgehead atoms. The molecule has 1 rings (SSSR count). The van der Waals surface area contributed by atoms with E-state index in [1.54, 1.807) is 0 Å². The predicted molar refractivity (Wildman–Crippen MR) is 79.4 cm³/mol. The summed E-state index contributed by atoms with van der Waals surface area (Å²) in [6.07, 6.45) is 3.79. The molecule has 0 heterocycles. The third-order valence-corrected chi connectivity index (χ3v) is 4.22. The quantitative estimate of drug-likeness (QED) is 0.792. The second-order valence-electron chi connectivity index (χ2n) is 4.98. The van der Waals surface area contributed by atoms with Crippen LogP contribution in [-0.2, 0) is 0 Å². The van der Waals surface area contributed by atoms with E-state index in [-0.39, 0.29) is 0 Å². The molecule has 0 aliphatic carbocycles. The van der Waals surface area contributed by atoms with Crippen molar-refractivity contribution < 1.29 is 0 Å². The third kappa shape index (κ3) is 4.44. The van der Waals surface area contributed by atoms with Gasteiger partial charge in [0.1, 0.15) is 0 Å². The van der Waals surface area contributed by atoms with Gasteiger partial charge in [-0.1, -0.05) is 54.8 Å². The van der Waals surface area contributed by atoms with E-state index >= 15 is 0 Å². The first kappa shape index (κ1) is 14.7. The zero-order valence-corrected chi connectivity index (χ0v) is 13.0. The molecule has 0 saturated carbocycles. The molecule has 0 amide bonds. The van der Waals surface area contributed by atoms with Crippen LogP contribution in [-0.4, -0.2) is 7.05 Å². The van der Waals surface area contributed by atoms with E-state index in [9.17, 15) is 0 Å². The summed E-state index contributed by atoms with van der Waals surface area (Å²) in [5.74, 6) is 0.775. The SMILES string of the molecule is CCCC(C)CC(NC)c1ccc(C)c(Br)c1. The van der Waals surface area contributed by atoms with Gasteiger partial charge in [0.2, 0.25) is 0 Å². The maximum atomic E-state index is 3.61. The summed E-state index contributed by atoms with van der Waals surface area (Å²) in [4.78, 5) is 0. The fourth-order valence-electron chi connectivity index (χ4n) is 2.26. The largest absolute Gasteiger partial charge is 0.313 e. The lowest BCUT2D eigenvalue weighted by Gasteiger charge is -2.21. The molecule has 0 aromatic heterocycles. The highest BCUT2D eigenvalue weighted by Gasteiger charge is 2.13. The Bertz CT molecular complexity index is 349. The Hall–Kier alpha value is -0.340. The molecule has 1 N–H and O–H groups in total. The molecular weight excluding hydrogens is 274 g/mol. The molecule has 96 valence electrons. The summed E-state index contributed by atoms with van der Waals surface area (Å²) < 4.78 is 1.21. The van der Waals surface area contributed by atoms with Crippen molar-refractivity contribution in [2.75, 3.05) is 7.05 Å². The van der Waals surface area contributed by atoms with Gasteiger partial charge in [0, 0.05) is 10.5 Å². The molecule has 0 spiro atoms. The van der Waals surface area contributed by atoms with E-state index < -0.39 is 0 Å². The smallest absolute Gasteiger partial charge is 0.0320 e. The summed E-state index contributed by atoms with van der Waals surface area (Å²) in [5.41, 5.74) is 2.68. The average molecular weight is 298 g/mol. The molecule has 1 aromatic rings. The minimum absolute atomic E-state index is 0.466. The highest BCUT2D eigenvalue weighted by molar-refractivity contribution is 9.10. The Morgan fingerprint density at radius 1 is 1.35 bits per heavy atom. The molecular formula is C15H24BrN. The van der Waals surface area contributed by atoms with E-state index in [4.69, 9.17) is 0 Å². The van der Waals surface area contributed by atoms with Gasteiger partial charge in [-0.3, -0.25) is 0 Å². The van der Waals surface area contributed by atoms with Gasteiger partial charge in [0.05, 0.1) is 0 Å². The number of benzene rings is 1. The average Bonchev–Trinajstić information content (AvgIpc) is 2.30. The second kappa shape index (κ2) is 7.17. The van der Waals surface area contributed by atoms with E-state index in [1.807, 2.05) is 0 Å². The van der Waals surface area contributed by atoms with E-state index in [2.05, 4.69) is 67.3 Å². The van der Waals surface area contributed by atoms with Crippen LogP contribution in [0.1, 0.15) is 50.3 Å². The maximum absolute atomic E-state index is 3.61. The number of halogens is 1. The summed E-state index contributed by atoms with van der Waals surface area (Å²) in [6.45, 7) is 6.73. The number of rotatable bonds is 6. The van der Waals surface area contributed by atoms with Crippen LogP contribution in [0, 0.1) is 12.8 Å². The third-order valence-electron chi connectivity index (χ3n) is 3.37. The molecule has 2 heteroatoms. The van der Waals surface area contributed by atoms with Crippen molar-refractivity contribution in [2.24, 2.45) is 5.92 Å². The lowest BCUT2D eigenvalue weighted by molar-refractivity contribution is 0.407. The number of nitrogens with one attached hydrogen (secondary N) is 1. The van der Waals surface area contributed by atoms with Crippen LogP contribution in [0.3, 0.4) is 0 Å². The monoisotopic (exact) mass is 297 g/mol. The number of hydrogen-bond donors (Lipinski definition) is 1. The van der Waals surface area contributed by atoms with Gasteiger partial charge < -0.3 is 5.32 Å². The first-order valence-corrected chi connectivity index (χ1v) is 7.31. The highest BCUT2D eigenvalue weighted by atomic mass is 79.9. The normalized spacial score (nSPS) is 14.6. The van der Waals surface area contributed by atoms with Crippen molar-refractivity contribution in [1.82, 2.24) is 5.32 Å². The molecule has 0 radical (unpaired) electrons. The predicted octanol–water partition coefficient (Wildman–Crippen LogP) is 4.84. The highest BCUT2D eigenvalue weighted by Crippen LogP contribution is 2.27. The van der Waals surface area contributed by atoms with Crippen LogP contribution < -0.4 is 5.32 Å². The van der Waals surface area contributed by atoms with E-state index in [0.29, 0.717) is 6.04 Å². The molecule has 17 heavy (non-hydrogen) atoms. The van der Waals surface area contributed by atoms with Gasteiger partial charge in [-0.05, 0) is 43.5 Å². The molecule has 0 aliphatic rings. The van der Waals surface area contributed by atoms with Crippen molar-refractivity contribution in [2.45, 2.75) is 46.1 Å². The van der Waals surface area contributed by atoms with Crippen LogP contribution in [0.15, 0.2) is 22.7 Å². The summed E-state index contributed by atoms with van der Waals surface area (Å²) in [7, 11) is 2.05. The van der Waals surface area contributed by atoms with Gasteiger partial charge in [-0.25, -0.2) is 0 Å². The van der Waals surface area contributed by atoms with Gasteiger partial charge in [-0.2, -0.15) is 0 Å². The fourth-order valence-corrected chi connectivity index (χ4v) is 2.66. The van der Waals surface area contributed by atoms with Gasteiger partial charge in [0.25, 0.3) is 0 Å². The Labute approximate surface area is 114 Å². The van der Waals surface area contributed by atoms with Crippen molar-refractivity contribution in [3.63, 3.8) is 0 Å². The van der Waals surface area contributed by atoms with E-state index in [0.717, 1.165) is 5.92 Å². The van der Waals surface area contributed by atoms with Gasteiger partial charge in [-0.15, -0.1) is 0 Å². The van der Waals surface area contributed by atoms with Crippen molar-refractivity contribution in [1.29, 1.82) is 0 Å². The Morgan fingerprint density at radius 2 is 2.06 bits per heavy atom. The van der Waals surface area contributed by atoms with Crippen LogP contribution in [0.5, 0.6) is 0 Å². The zero-order valence-electron chi connectivity index (χ0n) is 11.4. The summed E-state index contributed by atoms with van der Waals surface area (Å²) in [6, 6.07) is 7.14. The Kier molecular flexibility index (Phi) is 6.21. The first-order chi connectivity index (χ1) is 8.08. The molecule has 2 unspecified atom stereocenters. The van der Waals surface area contributed by atoms with Crippen LogP contribution in [0.2, 0.25) is 0 Å². The minimum Gasteiger partial charge on any atom is -0.313 e. The van der Waals surface area contributed by atoms with Crippen molar-refractivity contribution in [3.8, 4) is 0 Å². The maximum Gasteiger partial charge on any atom is 0.0320 e. The second-order valence-corrected chi connectivity index (χ2v) is 5.83. The van der Waals surface area contributed by atoms with Crippen LogP contribution in [0.25, 0.3) is 0 Å². The fraction of sp³-hybridized carbons (Fsp3) is 0.600. The number of hydrogen-bond acceptors (Lipinski definition) is 1. The first-order valence-electron chi connectivity index (χ1n) is 6.51. The summed E-state index contributed by atoms with van der Waals surface area (Å²) >= 11 is 3.61. The topological polar surface area (TPSA) is 12.0 Å². The van der Waals surface area contributed by atoms with Crippen LogP contribution in [0.4, 0.5) is 0 Å². The van der Waals surface area contributed by atoms with Gasteiger partial charge in [0.15, 0.2) is 0 Å². The molecule has 0 aliphatic heterocycles. The molecule has 2 atom stereocenters. The van der Waals surface area contributed by atoms with Gasteiger partial charge >= 0.3 is 0 Å². The molecule has 0 saturated heterocycles. The Morgan fingerprint density at radius 3 is 2.59 bits per heavy atom. The molecule has 0 fully saturated rings. The zero-order chi connectivity index (χ0) is 12.8.